The Balaban J connectivity index is 1.66. The first kappa shape index (κ1) is 21.4. The molecule has 30 heavy (non-hydrogen) atoms. The third-order valence-corrected chi connectivity index (χ3v) is 5.34. The number of rotatable bonds is 9. The predicted octanol–water partition coefficient (Wildman–Crippen LogP) is 2.56. The summed E-state index contributed by atoms with van der Waals surface area (Å²) < 4.78 is 14.5. The van der Waals surface area contributed by atoms with E-state index in [2.05, 4.69) is 20.7 Å². The summed E-state index contributed by atoms with van der Waals surface area (Å²) in [4.78, 5) is 12.1. The van der Waals surface area contributed by atoms with Crippen LogP contribution in [0.2, 0.25) is 0 Å². The van der Waals surface area contributed by atoms with Crippen LogP contribution in [0.5, 0.6) is 11.5 Å². The van der Waals surface area contributed by atoms with Gasteiger partial charge in [-0.25, -0.2) is 5.43 Å². The van der Waals surface area contributed by atoms with Gasteiger partial charge in [-0.3, -0.25) is 4.79 Å². The summed E-state index contributed by atoms with van der Waals surface area (Å²) in [6, 6.07) is 9.40. The van der Waals surface area contributed by atoms with Crippen molar-refractivity contribution in [3.05, 3.63) is 42.2 Å². The maximum absolute atomic E-state index is 12.1. The van der Waals surface area contributed by atoms with Gasteiger partial charge in [-0.1, -0.05) is 11.8 Å². The number of hydrogen-bond donors (Lipinski definition) is 1. The van der Waals surface area contributed by atoms with Crippen LogP contribution >= 0.6 is 11.8 Å². The SMILES string of the molecule is CCn1c(SCC(=O)N/N=C\c2cccn2C)nnc1-c1ccc(OC)c(OC)c1. The second kappa shape index (κ2) is 9.97. The molecule has 0 unspecified atom stereocenters. The Morgan fingerprint density at radius 1 is 1.23 bits per heavy atom. The van der Waals surface area contributed by atoms with E-state index in [0.29, 0.717) is 29.0 Å². The molecular formula is C20H24N6O3S. The fourth-order valence-electron chi connectivity index (χ4n) is 2.81. The lowest BCUT2D eigenvalue weighted by atomic mass is 10.2. The molecule has 0 bridgehead atoms. The summed E-state index contributed by atoms with van der Waals surface area (Å²) in [6.07, 6.45) is 3.51. The van der Waals surface area contributed by atoms with Gasteiger partial charge in [-0.15, -0.1) is 10.2 Å². The minimum Gasteiger partial charge on any atom is -0.493 e. The number of ether oxygens (including phenoxy) is 2. The molecule has 10 heteroatoms. The molecule has 0 aliphatic heterocycles. The zero-order valence-electron chi connectivity index (χ0n) is 17.3. The lowest BCUT2D eigenvalue weighted by Crippen LogP contribution is -2.20. The highest BCUT2D eigenvalue weighted by atomic mass is 32.2. The zero-order valence-corrected chi connectivity index (χ0v) is 18.1. The van der Waals surface area contributed by atoms with Crippen LogP contribution in [0.1, 0.15) is 12.6 Å². The van der Waals surface area contributed by atoms with Gasteiger partial charge in [-0.2, -0.15) is 5.10 Å². The number of nitrogens with zero attached hydrogens (tertiary/aromatic N) is 5. The second-order valence-corrected chi connectivity index (χ2v) is 7.19. The molecule has 0 saturated heterocycles. The summed E-state index contributed by atoms with van der Waals surface area (Å²) in [5, 5.41) is 13.2. The van der Waals surface area contributed by atoms with Crippen molar-refractivity contribution in [2.24, 2.45) is 12.1 Å². The number of aryl methyl sites for hydroxylation is 1. The van der Waals surface area contributed by atoms with E-state index in [1.807, 2.05) is 59.6 Å². The van der Waals surface area contributed by atoms with Crippen LogP contribution in [0.25, 0.3) is 11.4 Å². The van der Waals surface area contributed by atoms with Crippen molar-refractivity contribution >= 4 is 23.9 Å². The number of benzene rings is 1. The second-order valence-electron chi connectivity index (χ2n) is 6.25. The number of carbonyl (C=O) groups is 1. The van der Waals surface area contributed by atoms with E-state index in [9.17, 15) is 4.79 Å². The van der Waals surface area contributed by atoms with Gasteiger partial charge in [-0.05, 0) is 37.3 Å². The first-order valence-electron chi connectivity index (χ1n) is 9.29. The molecule has 1 N–H and O–H groups in total. The van der Waals surface area contributed by atoms with E-state index < -0.39 is 0 Å². The van der Waals surface area contributed by atoms with E-state index in [-0.39, 0.29) is 11.7 Å². The maximum Gasteiger partial charge on any atom is 0.250 e. The minimum atomic E-state index is -0.219. The third-order valence-electron chi connectivity index (χ3n) is 4.38. The molecule has 0 fully saturated rings. The summed E-state index contributed by atoms with van der Waals surface area (Å²) in [5.41, 5.74) is 4.28. The topological polar surface area (TPSA) is 95.6 Å². The summed E-state index contributed by atoms with van der Waals surface area (Å²) >= 11 is 1.31. The Morgan fingerprint density at radius 2 is 2.03 bits per heavy atom. The molecule has 3 aromatic rings. The van der Waals surface area contributed by atoms with Gasteiger partial charge in [0.05, 0.1) is 31.9 Å². The largest absolute Gasteiger partial charge is 0.493 e. The molecule has 3 rings (SSSR count). The van der Waals surface area contributed by atoms with Crippen molar-refractivity contribution in [3.8, 4) is 22.9 Å². The van der Waals surface area contributed by atoms with Crippen LogP contribution in [0, 0.1) is 0 Å². The molecule has 1 amide bonds. The zero-order chi connectivity index (χ0) is 21.5. The highest BCUT2D eigenvalue weighted by Crippen LogP contribution is 2.32. The van der Waals surface area contributed by atoms with Crippen LogP contribution in [0.15, 0.2) is 46.8 Å². The summed E-state index contributed by atoms with van der Waals surface area (Å²) in [6.45, 7) is 2.66. The Bertz CT molecular complexity index is 1040. The van der Waals surface area contributed by atoms with E-state index in [1.54, 1.807) is 20.4 Å². The van der Waals surface area contributed by atoms with E-state index >= 15 is 0 Å². The minimum absolute atomic E-state index is 0.175. The average Bonchev–Trinajstić information content (AvgIpc) is 3.37. The van der Waals surface area contributed by atoms with E-state index in [0.717, 1.165) is 11.3 Å². The molecule has 0 saturated carbocycles. The molecule has 0 radical (unpaired) electrons. The fraction of sp³-hybridized carbons (Fsp3) is 0.300. The average molecular weight is 429 g/mol. The highest BCUT2D eigenvalue weighted by molar-refractivity contribution is 7.99. The van der Waals surface area contributed by atoms with Crippen molar-refractivity contribution in [3.63, 3.8) is 0 Å². The summed E-state index contributed by atoms with van der Waals surface area (Å²) in [5.74, 6) is 1.91. The molecule has 0 atom stereocenters. The number of carbonyl (C=O) groups excluding carboxylic acids is 1. The normalized spacial score (nSPS) is 11.1. The van der Waals surface area contributed by atoms with E-state index in [4.69, 9.17) is 9.47 Å². The third kappa shape index (κ3) is 4.82. The van der Waals surface area contributed by atoms with Crippen molar-refractivity contribution < 1.29 is 14.3 Å². The lowest BCUT2D eigenvalue weighted by Gasteiger charge is -2.10. The fourth-order valence-corrected chi connectivity index (χ4v) is 3.61. The van der Waals surface area contributed by atoms with Crippen molar-refractivity contribution in [2.45, 2.75) is 18.6 Å². The first-order chi connectivity index (χ1) is 14.6. The monoisotopic (exact) mass is 428 g/mol. The first-order valence-corrected chi connectivity index (χ1v) is 10.3. The van der Waals surface area contributed by atoms with Gasteiger partial charge in [0.1, 0.15) is 0 Å². The molecule has 158 valence electrons. The molecular weight excluding hydrogens is 404 g/mol. The Labute approximate surface area is 179 Å². The number of amides is 1. The molecule has 2 aromatic heterocycles. The van der Waals surface area contributed by atoms with Crippen LogP contribution in [0.3, 0.4) is 0 Å². The summed E-state index contributed by atoms with van der Waals surface area (Å²) in [7, 11) is 5.09. The molecule has 9 nitrogen and oxygen atoms in total. The van der Waals surface area contributed by atoms with Gasteiger partial charge >= 0.3 is 0 Å². The number of hydrogen-bond acceptors (Lipinski definition) is 7. The number of aromatic nitrogens is 4. The number of hydrazone groups is 1. The van der Waals surface area contributed by atoms with Crippen LogP contribution < -0.4 is 14.9 Å². The number of methoxy groups -OCH3 is 2. The Morgan fingerprint density at radius 3 is 2.70 bits per heavy atom. The van der Waals surface area contributed by atoms with Gasteiger partial charge in [0, 0.05) is 25.4 Å². The molecule has 0 aliphatic rings. The van der Waals surface area contributed by atoms with Gasteiger partial charge < -0.3 is 18.6 Å². The van der Waals surface area contributed by atoms with E-state index in [1.165, 1.54) is 11.8 Å². The predicted molar refractivity (Wildman–Crippen MR) is 116 cm³/mol. The van der Waals surface area contributed by atoms with Crippen molar-refractivity contribution in [2.75, 3.05) is 20.0 Å². The lowest BCUT2D eigenvalue weighted by molar-refractivity contribution is -0.118. The standard InChI is InChI=1S/C20H24N6O3S/c1-5-26-19(14-8-9-16(28-3)17(11-14)29-4)23-24-20(26)30-13-18(27)22-21-12-15-7-6-10-25(15)2/h6-12H,5,13H2,1-4H3,(H,22,27)/b21-12-. The van der Waals surface area contributed by atoms with Crippen LogP contribution in [-0.4, -0.2) is 51.4 Å². The molecule has 1 aromatic carbocycles. The van der Waals surface area contributed by atoms with Gasteiger partial charge in [0.15, 0.2) is 22.5 Å². The molecule has 0 aliphatic carbocycles. The van der Waals surface area contributed by atoms with Gasteiger partial charge in [0.25, 0.3) is 5.91 Å². The smallest absolute Gasteiger partial charge is 0.250 e. The Hall–Kier alpha value is -3.27. The van der Waals surface area contributed by atoms with Crippen molar-refractivity contribution in [1.82, 2.24) is 24.8 Å². The quantitative estimate of drug-likeness (QED) is 0.320. The van der Waals surface area contributed by atoms with Crippen LogP contribution in [-0.2, 0) is 18.4 Å². The van der Waals surface area contributed by atoms with Gasteiger partial charge in [0.2, 0.25) is 0 Å². The maximum atomic E-state index is 12.1. The highest BCUT2D eigenvalue weighted by Gasteiger charge is 2.16. The number of thioether (sulfide) groups is 1. The van der Waals surface area contributed by atoms with Crippen LogP contribution in [0.4, 0.5) is 0 Å². The molecule has 2 heterocycles. The van der Waals surface area contributed by atoms with Crippen molar-refractivity contribution in [1.29, 1.82) is 0 Å². The Kier molecular flexibility index (Phi) is 7.12. The molecule has 0 spiro atoms. The number of nitrogens with one attached hydrogen (secondary N) is 1.